The molecule has 0 heterocycles. The molecule has 0 aromatic heterocycles. The number of fused-ring (bicyclic) bond motifs is 5. The third-order valence-electron chi connectivity index (χ3n) is 11.4. The molecule has 0 aromatic carbocycles. The summed E-state index contributed by atoms with van der Waals surface area (Å²) in [5, 5.41) is 20.6. The molecule has 0 spiro atoms. The highest BCUT2D eigenvalue weighted by atomic mass is 16.3. The van der Waals surface area contributed by atoms with Gasteiger partial charge in [0.2, 0.25) is 0 Å². The maximum absolute atomic E-state index is 10.5. The Morgan fingerprint density at radius 1 is 0.900 bits per heavy atom. The van der Waals surface area contributed by atoms with Crippen molar-refractivity contribution in [3.8, 4) is 0 Å². The van der Waals surface area contributed by atoms with Crippen LogP contribution < -0.4 is 0 Å². The molecule has 2 N–H and O–H groups in total. The summed E-state index contributed by atoms with van der Waals surface area (Å²) in [6.45, 7) is 14.0. The van der Waals surface area contributed by atoms with Crippen molar-refractivity contribution in [2.24, 2.45) is 52.3 Å². The van der Waals surface area contributed by atoms with Crippen molar-refractivity contribution in [3.63, 3.8) is 0 Å². The summed E-state index contributed by atoms with van der Waals surface area (Å²) in [4.78, 5) is 0. The average molecular weight is 419 g/mol. The quantitative estimate of drug-likeness (QED) is 0.513. The molecular weight excluding hydrogens is 368 g/mol. The Morgan fingerprint density at radius 3 is 2.23 bits per heavy atom. The first kappa shape index (κ1) is 23.1. The maximum Gasteiger partial charge on any atom is 0.0591 e. The van der Waals surface area contributed by atoms with Crippen molar-refractivity contribution in [2.45, 2.75) is 124 Å². The van der Waals surface area contributed by atoms with Gasteiger partial charge in [-0.05, 0) is 124 Å². The van der Waals surface area contributed by atoms with Crippen LogP contribution in [-0.2, 0) is 0 Å². The summed E-state index contributed by atoms with van der Waals surface area (Å²) in [7, 11) is 0. The second-order valence-electron chi connectivity index (χ2n) is 13.4. The molecule has 4 fully saturated rings. The van der Waals surface area contributed by atoms with E-state index in [2.05, 4.69) is 27.7 Å². The Kier molecular flexibility index (Phi) is 6.20. The fourth-order valence-electron chi connectivity index (χ4n) is 9.74. The van der Waals surface area contributed by atoms with E-state index in [4.69, 9.17) is 0 Å². The first-order valence-electron chi connectivity index (χ1n) is 13.4. The molecule has 4 aliphatic rings. The van der Waals surface area contributed by atoms with Gasteiger partial charge in [0.05, 0.1) is 11.7 Å². The van der Waals surface area contributed by atoms with Gasteiger partial charge in [-0.2, -0.15) is 0 Å². The largest absolute Gasteiger partial charge is 0.393 e. The molecule has 4 saturated carbocycles. The average Bonchev–Trinajstić information content (AvgIpc) is 3.01. The molecule has 10 atom stereocenters. The first-order valence-corrected chi connectivity index (χ1v) is 13.4. The second kappa shape index (κ2) is 8.05. The van der Waals surface area contributed by atoms with E-state index in [1.807, 2.05) is 13.8 Å². The van der Waals surface area contributed by atoms with Crippen molar-refractivity contribution in [3.05, 3.63) is 0 Å². The van der Waals surface area contributed by atoms with Crippen LogP contribution in [0.2, 0.25) is 0 Å². The van der Waals surface area contributed by atoms with Crippen molar-refractivity contribution >= 4 is 0 Å². The number of rotatable bonds is 5. The molecule has 174 valence electrons. The summed E-state index contributed by atoms with van der Waals surface area (Å²) >= 11 is 0. The summed E-state index contributed by atoms with van der Waals surface area (Å²) in [5.74, 6) is 5.65. The topological polar surface area (TPSA) is 40.5 Å². The summed E-state index contributed by atoms with van der Waals surface area (Å²) in [6, 6.07) is 0. The van der Waals surface area contributed by atoms with Gasteiger partial charge in [-0.25, -0.2) is 0 Å². The van der Waals surface area contributed by atoms with E-state index in [1.54, 1.807) is 0 Å². The summed E-state index contributed by atoms with van der Waals surface area (Å²) in [6.07, 6.45) is 14.1. The highest BCUT2D eigenvalue weighted by molar-refractivity contribution is 5.10. The van der Waals surface area contributed by atoms with E-state index in [0.29, 0.717) is 16.7 Å². The SMILES string of the molecule is CC1[C@@H](O)CC[C@@]2(C)[C@H]1CC[C@@H]1[C@@H]2CC[C@]2(C)[C@@H]([C@H](C)CCCC(C)(C)O)CC[C@@H]12. The Morgan fingerprint density at radius 2 is 1.53 bits per heavy atom. The molecule has 0 bridgehead atoms. The highest BCUT2D eigenvalue weighted by Crippen LogP contribution is 2.68. The van der Waals surface area contributed by atoms with E-state index in [0.717, 1.165) is 54.8 Å². The van der Waals surface area contributed by atoms with Crippen molar-refractivity contribution in [2.75, 3.05) is 0 Å². The van der Waals surface area contributed by atoms with Crippen LogP contribution in [0.15, 0.2) is 0 Å². The molecular formula is C28H50O2. The summed E-state index contributed by atoms with van der Waals surface area (Å²) in [5.41, 5.74) is 0.496. The molecule has 0 aliphatic heterocycles. The number of aliphatic hydroxyl groups excluding tert-OH is 1. The lowest BCUT2D eigenvalue weighted by molar-refractivity contribution is -0.149. The van der Waals surface area contributed by atoms with Crippen LogP contribution in [0, 0.1) is 52.3 Å². The zero-order chi connectivity index (χ0) is 21.9. The molecule has 4 rings (SSSR count). The highest BCUT2D eigenvalue weighted by Gasteiger charge is 2.61. The van der Waals surface area contributed by atoms with Crippen LogP contribution >= 0.6 is 0 Å². The number of aliphatic hydroxyl groups is 2. The van der Waals surface area contributed by atoms with E-state index >= 15 is 0 Å². The van der Waals surface area contributed by atoms with Crippen LogP contribution in [0.1, 0.15) is 112 Å². The van der Waals surface area contributed by atoms with E-state index < -0.39 is 5.60 Å². The molecule has 0 saturated heterocycles. The molecule has 4 aliphatic carbocycles. The molecule has 1 unspecified atom stereocenters. The third kappa shape index (κ3) is 3.81. The zero-order valence-electron chi connectivity index (χ0n) is 20.8. The van der Waals surface area contributed by atoms with Gasteiger partial charge in [0.25, 0.3) is 0 Å². The minimum atomic E-state index is -0.515. The van der Waals surface area contributed by atoms with Gasteiger partial charge in [0.15, 0.2) is 0 Å². The lowest BCUT2D eigenvalue weighted by Crippen LogP contribution is -2.56. The predicted octanol–water partition coefficient (Wildman–Crippen LogP) is 6.83. The Labute approximate surface area is 186 Å². The van der Waals surface area contributed by atoms with Crippen LogP contribution in [-0.4, -0.2) is 21.9 Å². The second-order valence-corrected chi connectivity index (χ2v) is 13.4. The number of hydrogen-bond acceptors (Lipinski definition) is 2. The first-order chi connectivity index (χ1) is 14.0. The minimum absolute atomic E-state index is 0.0610. The monoisotopic (exact) mass is 418 g/mol. The minimum Gasteiger partial charge on any atom is -0.393 e. The van der Waals surface area contributed by atoms with E-state index in [-0.39, 0.29) is 6.10 Å². The molecule has 2 nitrogen and oxygen atoms in total. The Balaban J connectivity index is 1.46. The van der Waals surface area contributed by atoms with Crippen molar-refractivity contribution < 1.29 is 10.2 Å². The van der Waals surface area contributed by atoms with E-state index in [9.17, 15) is 10.2 Å². The zero-order valence-corrected chi connectivity index (χ0v) is 20.8. The van der Waals surface area contributed by atoms with Gasteiger partial charge in [-0.15, -0.1) is 0 Å². The molecule has 30 heavy (non-hydrogen) atoms. The maximum atomic E-state index is 10.5. The van der Waals surface area contributed by atoms with Crippen molar-refractivity contribution in [1.29, 1.82) is 0 Å². The third-order valence-corrected chi connectivity index (χ3v) is 11.4. The van der Waals surface area contributed by atoms with Crippen LogP contribution in [0.4, 0.5) is 0 Å². The smallest absolute Gasteiger partial charge is 0.0591 e. The van der Waals surface area contributed by atoms with Gasteiger partial charge in [0.1, 0.15) is 0 Å². The van der Waals surface area contributed by atoms with Crippen LogP contribution in [0.5, 0.6) is 0 Å². The van der Waals surface area contributed by atoms with Gasteiger partial charge in [0, 0.05) is 0 Å². The van der Waals surface area contributed by atoms with Crippen LogP contribution in [0.3, 0.4) is 0 Å². The fourth-order valence-corrected chi connectivity index (χ4v) is 9.74. The number of hydrogen-bond donors (Lipinski definition) is 2. The standard InChI is InChI=1S/C28H50O2/c1-18(8-7-15-26(3,4)30)21-11-12-23-20-9-10-22-19(2)25(29)14-17-28(22,6)24(20)13-16-27(21,23)5/h18-25,29-30H,7-17H2,1-6H3/t18-,19?,20+,21-,22+,23+,24+,25+,27-,28+/m1/s1. The Bertz CT molecular complexity index is 608. The molecule has 0 aromatic rings. The van der Waals surface area contributed by atoms with Gasteiger partial charge >= 0.3 is 0 Å². The van der Waals surface area contributed by atoms with E-state index in [1.165, 1.54) is 51.4 Å². The summed E-state index contributed by atoms with van der Waals surface area (Å²) < 4.78 is 0. The molecule has 0 radical (unpaired) electrons. The van der Waals surface area contributed by atoms with Crippen LogP contribution in [0.25, 0.3) is 0 Å². The molecule has 0 amide bonds. The van der Waals surface area contributed by atoms with Crippen molar-refractivity contribution in [1.82, 2.24) is 0 Å². The lowest BCUT2D eigenvalue weighted by atomic mass is 9.43. The Hall–Kier alpha value is -0.0800. The molecule has 2 heteroatoms. The van der Waals surface area contributed by atoms with Gasteiger partial charge in [-0.1, -0.05) is 40.5 Å². The van der Waals surface area contributed by atoms with Gasteiger partial charge in [-0.3, -0.25) is 0 Å². The lowest BCUT2D eigenvalue weighted by Gasteiger charge is -2.62. The normalized spacial score (nSPS) is 49.8. The predicted molar refractivity (Wildman–Crippen MR) is 125 cm³/mol. The fraction of sp³-hybridized carbons (Fsp3) is 1.00. The van der Waals surface area contributed by atoms with Gasteiger partial charge < -0.3 is 10.2 Å².